The fourth-order valence-corrected chi connectivity index (χ4v) is 2.90. The number of benzene rings is 2. The number of carbonyl (C=O) groups is 2. The number of carbonyl (C=O) groups excluding carboxylic acids is 2. The summed E-state index contributed by atoms with van der Waals surface area (Å²) in [7, 11) is 0. The van der Waals surface area contributed by atoms with Gasteiger partial charge in [0.2, 0.25) is 5.91 Å². The van der Waals surface area contributed by atoms with E-state index >= 15 is 0 Å². The van der Waals surface area contributed by atoms with Crippen LogP contribution in [0, 0.1) is 5.82 Å². The number of hydrazine groups is 1. The minimum atomic E-state index is -4.69. The monoisotopic (exact) mass is 484 g/mol. The third-order valence-electron chi connectivity index (χ3n) is 4.48. The van der Waals surface area contributed by atoms with E-state index in [1.807, 2.05) is 0 Å². The molecular weight excluding hydrogens is 456 g/mol. The molecule has 11 heteroatoms. The summed E-state index contributed by atoms with van der Waals surface area (Å²) in [5.74, 6) is -1.13. The molecule has 0 aliphatic rings. The van der Waals surface area contributed by atoms with E-state index in [1.54, 1.807) is 27.7 Å². The summed E-state index contributed by atoms with van der Waals surface area (Å²) in [5, 5.41) is 5.17. The lowest BCUT2D eigenvalue weighted by Gasteiger charge is -2.23. The Labute approximate surface area is 195 Å². The average Bonchev–Trinajstić information content (AvgIpc) is 2.72. The Hall–Kier alpha value is -3.34. The number of anilines is 2. The number of halogens is 4. The second kappa shape index (κ2) is 11.2. The molecule has 4 N–H and O–H groups in total. The van der Waals surface area contributed by atoms with Crippen LogP contribution in [0.5, 0.6) is 0 Å². The van der Waals surface area contributed by atoms with Gasteiger partial charge < -0.3 is 15.4 Å². The molecule has 2 aromatic carbocycles. The second-order valence-corrected chi connectivity index (χ2v) is 8.43. The van der Waals surface area contributed by atoms with Crippen molar-refractivity contribution < 1.29 is 31.9 Å². The molecule has 1 unspecified atom stereocenters. The fourth-order valence-electron chi connectivity index (χ4n) is 2.90. The summed E-state index contributed by atoms with van der Waals surface area (Å²) in [6.45, 7) is 6.64. The van der Waals surface area contributed by atoms with E-state index in [1.165, 1.54) is 36.4 Å². The molecule has 0 bridgehead atoms. The van der Waals surface area contributed by atoms with Crippen LogP contribution < -0.4 is 21.5 Å². The van der Waals surface area contributed by atoms with E-state index in [9.17, 15) is 27.2 Å². The number of hydrogen-bond donors (Lipinski definition) is 4. The number of amides is 2. The molecule has 34 heavy (non-hydrogen) atoms. The lowest BCUT2D eigenvalue weighted by molar-refractivity contribution is -0.137. The highest BCUT2D eigenvalue weighted by molar-refractivity contribution is 5.98. The van der Waals surface area contributed by atoms with Gasteiger partial charge in [-0.05, 0) is 57.0 Å². The fraction of sp³-hybridized carbons (Fsp3) is 0.391. The van der Waals surface area contributed by atoms with Crippen molar-refractivity contribution in [1.29, 1.82) is 0 Å². The lowest BCUT2D eigenvalue weighted by atomic mass is 10.1. The number of ether oxygens (including phenoxy) is 1. The van der Waals surface area contributed by atoms with Crippen molar-refractivity contribution in [3.8, 4) is 0 Å². The molecule has 0 aliphatic heterocycles. The van der Waals surface area contributed by atoms with E-state index in [0.717, 1.165) is 6.07 Å². The molecule has 0 saturated carbocycles. The molecule has 0 heterocycles. The molecule has 0 aliphatic carbocycles. The summed E-state index contributed by atoms with van der Waals surface area (Å²) in [6.07, 6.45) is -5.27. The smallest absolute Gasteiger partial charge is 0.422 e. The third kappa shape index (κ3) is 8.22. The normalized spacial score (nSPS) is 12.6. The Morgan fingerprint density at radius 3 is 2.24 bits per heavy atom. The molecule has 2 aromatic rings. The van der Waals surface area contributed by atoms with Gasteiger partial charge in [-0.2, -0.15) is 13.2 Å². The maximum absolute atomic E-state index is 13.6. The minimum absolute atomic E-state index is 0.0358. The summed E-state index contributed by atoms with van der Waals surface area (Å²) < 4.78 is 59.1. The van der Waals surface area contributed by atoms with Crippen molar-refractivity contribution in [2.24, 2.45) is 0 Å². The number of para-hydroxylation sites is 1. The van der Waals surface area contributed by atoms with E-state index in [2.05, 4.69) is 21.5 Å². The van der Waals surface area contributed by atoms with Gasteiger partial charge in [0, 0.05) is 6.54 Å². The molecule has 1 atom stereocenters. The van der Waals surface area contributed by atoms with Gasteiger partial charge in [-0.15, -0.1) is 0 Å². The molecule has 0 saturated heterocycles. The van der Waals surface area contributed by atoms with Crippen molar-refractivity contribution in [2.75, 3.05) is 10.6 Å². The van der Waals surface area contributed by atoms with E-state index in [4.69, 9.17) is 4.74 Å². The Bertz CT molecular complexity index is 989. The van der Waals surface area contributed by atoms with Gasteiger partial charge in [0.1, 0.15) is 17.5 Å². The highest BCUT2D eigenvalue weighted by Crippen LogP contribution is 2.39. The first kappa shape index (κ1) is 26.9. The summed E-state index contributed by atoms with van der Waals surface area (Å²) in [4.78, 5) is 24.6. The molecule has 0 aromatic heterocycles. The second-order valence-electron chi connectivity index (χ2n) is 8.43. The predicted octanol–water partition coefficient (Wildman–Crippen LogP) is 5.20. The van der Waals surface area contributed by atoms with E-state index in [0.29, 0.717) is 5.56 Å². The maximum atomic E-state index is 13.6. The largest absolute Gasteiger partial charge is 0.443 e. The van der Waals surface area contributed by atoms with Crippen LogP contribution in [-0.4, -0.2) is 23.6 Å². The van der Waals surface area contributed by atoms with Crippen LogP contribution in [0.3, 0.4) is 0 Å². The Morgan fingerprint density at radius 1 is 1.03 bits per heavy atom. The minimum Gasteiger partial charge on any atom is -0.443 e. The quantitative estimate of drug-likeness (QED) is 0.305. The van der Waals surface area contributed by atoms with Gasteiger partial charge in [0.25, 0.3) is 0 Å². The van der Waals surface area contributed by atoms with Gasteiger partial charge in [0.15, 0.2) is 0 Å². The van der Waals surface area contributed by atoms with Gasteiger partial charge in [0.05, 0.1) is 16.9 Å². The van der Waals surface area contributed by atoms with Crippen LogP contribution in [0.2, 0.25) is 0 Å². The molecule has 2 rings (SSSR count). The Morgan fingerprint density at radius 2 is 1.68 bits per heavy atom. The zero-order chi connectivity index (χ0) is 25.5. The highest BCUT2D eigenvalue weighted by Gasteiger charge is 2.35. The van der Waals surface area contributed by atoms with Crippen LogP contribution in [0.4, 0.5) is 33.7 Å². The van der Waals surface area contributed by atoms with Crippen LogP contribution >= 0.6 is 0 Å². The number of alkyl halides is 3. The molecule has 0 radical (unpaired) electrons. The highest BCUT2D eigenvalue weighted by atomic mass is 19.4. The maximum Gasteiger partial charge on any atom is 0.422 e. The third-order valence-corrected chi connectivity index (χ3v) is 4.48. The van der Waals surface area contributed by atoms with Crippen molar-refractivity contribution >= 4 is 23.4 Å². The SMILES string of the molecule is CCC(NNC(=O)OC(C)(C)C)C(=O)Nc1cccc(C(F)(F)F)c1NCc1ccc(F)cc1. The predicted molar refractivity (Wildman–Crippen MR) is 120 cm³/mol. The van der Waals surface area contributed by atoms with E-state index in [-0.39, 0.29) is 24.3 Å². The first-order chi connectivity index (χ1) is 15.8. The zero-order valence-electron chi connectivity index (χ0n) is 19.3. The molecule has 0 spiro atoms. The van der Waals surface area contributed by atoms with Crippen molar-refractivity contribution in [2.45, 2.75) is 58.5 Å². The summed E-state index contributed by atoms with van der Waals surface area (Å²) in [6, 6.07) is 7.72. The van der Waals surface area contributed by atoms with E-state index < -0.39 is 41.2 Å². The molecule has 186 valence electrons. The van der Waals surface area contributed by atoms with Crippen LogP contribution in [0.25, 0.3) is 0 Å². The first-order valence-electron chi connectivity index (χ1n) is 10.5. The average molecular weight is 484 g/mol. The zero-order valence-corrected chi connectivity index (χ0v) is 19.3. The number of hydrogen-bond acceptors (Lipinski definition) is 5. The van der Waals surface area contributed by atoms with Gasteiger partial charge in [-0.1, -0.05) is 25.1 Å². The van der Waals surface area contributed by atoms with Crippen molar-refractivity contribution in [3.05, 3.63) is 59.4 Å². The lowest BCUT2D eigenvalue weighted by Crippen LogP contribution is -2.50. The van der Waals surface area contributed by atoms with Crippen molar-refractivity contribution in [3.63, 3.8) is 0 Å². The molecular formula is C23H28F4N4O3. The van der Waals surface area contributed by atoms with Gasteiger partial charge in [-0.3, -0.25) is 10.2 Å². The summed E-state index contributed by atoms with van der Waals surface area (Å²) in [5.41, 5.74) is 3.18. The van der Waals surface area contributed by atoms with Crippen LogP contribution in [-0.2, 0) is 22.3 Å². The van der Waals surface area contributed by atoms with Crippen molar-refractivity contribution in [1.82, 2.24) is 10.9 Å². The van der Waals surface area contributed by atoms with Gasteiger partial charge >= 0.3 is 12.3 Å². The summed E-state index contributed by atoms with van der Waals surface area (Å²) >= 11 is 0. The molecule has 0 fully saturated rings. The number of nitrogens with one attached hydrogen (secondary N) is 4. The number of rotatable bonds is 8. The Balaban J connectivity index is 2.19. The first-order valence-corrected chi connectivity index (χ1v) is 10.5. The van der Waals surface area contributed by atoms with Crippen LogP contribution in [0.1, 0.15) is 45.2 Å². The van der Waals surface area contributed by atoms with Crippen LogP contribution in [0.15, 0.2) is 42.5 Å². The van der Waals surface area contributed by atoms with Gasteiger partial charge in [-0.25, -0.2) is 14.6 Å². The standard InChI is InChI=1S/C23H28F4N4O3/c1-5-17(30-31-21(33)34-22(2,3)4)20(32)29-18-8-6-7-16(23(25,26)27)19(18)28-13-14-9-11-15(24)12-10-14/h6-12,17,28,30H,5,13H2,1-4H3,(H,29,32)(H,31,33). The molecule has 7 nitrogen and oxygen atoms in total. The topological polar surface area (TPSA) is 91.5 Å². The molecule has 2 amide bonds. The Kier molecular flexibility index (Phi) is 8.86.